The summed E-state index contributed by atoms with van der Waals surface area (Å²) in [5.41, 5.74) is 6.20. The second-order valence-electron chi connectivity index (χ2n) is 6.25. The molecular formula is C19H19N5O5S. The Bertz CT molecular complexity index is 1210. The van der Waals surface area contributed by atoms with Crippen LogP contribution in [0.15, 0.2) is 59.9 Å². The maximum atomic E-state index is 12.6. The fourth-order valence-electron chi connectivity index (χ4n) is 2.69. The van der Waals surface area contributed by atoms with Crippen molar-refractivity contribution >= 4 is 33.2 Å². The lowest BCUT2D eigenvalue weighted by Gasteiger charge is -2.13. The van der Waals surface area contributed by atoms with Gasteiger partial charge in [-0.15, -0.1) is 0 Å². The van der Waals surface area contributed by atoms with Crippen molar-refractivity contribution in [2.75, 3.05) is 17.1 Å². The van der Waals surface area contributed by atoms with E-state index in [0.717, 1.165) is 0 Å². The molecule has 1 aromatic carbocycles. The summed E-state index contributed by atoms with van der Waals surface area (Å²) < 4.78 is 34.3. The number of aromatic nitrogens is 2. The molecule has 2 heterocycles. The SMILES string of the molecule is COc1cc(NS(=O)(=O)c2cc(C(N)=O)n(C)c2)ccc1NC(=O)c1cccnc1. The van der Waals surface area contributed by atoms with E-state index in [1.807, 2.05) is 0 Å². The molecule has 0 aliphatic heterocycles. The van der Waals surface area contributed by atoms with Gasteiger partial charge in [0.1, 0.15) is 16.3 Å². The molecule has 3 rings (SSSR count). The topological polar surface area (TPSA) is 145 Å². The van der Waals surface area contributed by atoms with Crippen molar-refractivity contribution < 1.29 is 22.7 Å². The zero-order valence-corrected chi connectivity index (χ0v) is 16.9. The lowest BCUT2D eigenvalue weighted by molar-refractivity contribution is 0.0990. The van der Waals surface area contributed by atoms with Crippen molar-refractivity contribution in [3.05, 3.63) is 66.2 Å². The third-order valence-electron chi connectivity index (χ3n) is 4.17. The predicted octanol–water partition coefficient (Wildman–Crippen LogP) is 1.58. The van der Waals surface area contributed by atoms with E-state index in [0.29, 0.717) is 11.3 Å². The van der Waals surface area contributed by atoms with Gasteiger partial charge < -0.3 is 20.4 Å². The molecule has 30 heavy (non-hydrogen) atoms. The highest BCUT2D eigenvalue weighted by Gasteiger charge is 2.20. The number of rotatable bonds is 7. The smallest absolute Gasteiger partial charge is 0.265 e. The molecule has 11 heteroatoms. The molecular weight excluding hydrogens is 410 g/mol. The van der Waals surface area contributed by atoms with Crippen LogP contribution in [0, 0.1) is 0 Å². The standard InChI is InChI=1S/C19H19N5O5S/c1-24-11-14(9-16(24)18(20)25)30(27,28)23-13-5-6-15(17(8-13)29-2)22-19(26)12-4-3-7-21-10-12/h3-11,23H,1-2H3,(H2,20,25)(H,22,26). The number of carbonyl (C=O) groups excluding carboxylic acids is 2. The maximum absolute atomic E-state index is 12.6. The molecule has 2 aromatic heterocycles. The van der Waals surface area contributed by atoms with Crippen molar-refractivity contribution in [3.8, 4) is 5.75 Å². The highest BCUT2D eigenvalue weighted by Crippen LogP contribution is 2.29. The number of sulfonamides is 1. The Kier molecular flexibility index (Phi) is 5.74. The van der Waals surface area contributed by atoms with Gasteiger partial charge in [-0.2, -0.15) is 0 Å². The maximum Gasteiger partial charge on any atom is 0.265 e. The molecule has 0 saturated carbocycles. The number of hydrogen-bond donors (Lipinski definition) is 3. The number of hydrogen-bond acceptors (Lipinski definition) is 6. The van der Waals surface area contributed by atoms with Crippen LogP contribution in [0.3, 0.4) is 0 Å². The van der Waals surface area contributed by atoms with Crippen molar-refractivity contribution in [1.29, 1.82) is 0 Å². The average Bonchev–Trinajstić information content (AvgIpc) is 3.12. The zero-order chi connectivity index (χ0) is 21.9. The second-order valence-corrected chi connectivity index (χ2v) is 7.93. The minimum Gasteiger partial charge on any atom is -0.494 e. The number of primary amides is 1. The van der Waals surface area contributed by atoms with Gasteiger partial charge in [0.25, 0.3) is 21.8 Å². The number of amides is 2. The molecule has 10 nitrogen and oxygen atoms in total. The Morgan fingerprint density at radius 2 is 1.97 bits per heavy atom. The third-order valence-corrected chi connectivity index (χ3v) is 5.52. The third kappa shape index (κ3) is 4.41. The molecule has 0 aliphatic rings. The summed E-state index contributed by atoms with van der Waals surface area (Å²) in [4.78, 5) is 27.4. The number of nitrogens with two attached hydrogens (primary N) is 1. The van der Waals surface area contributed by atoms with Crippen molar-refractivity contribution in [3.63, 3.8) is 0 Å². The van der Waals surface area contributed by atoms with E-state index in [1.54, 1.807) is 18.3 Å². The number of carbonyl (C=O) groups is 2. The summed E-state index contributed by atoms with van der Waals surface area (Å²) in [5, 5.41) is 2.69. The number of nitrogens with zero attached hydrogens (tertiary/aromatic N) is 2. The first-order valence-corrected chi connectivity index (χ1v) is 10.1. The zero-order valence-electron chi connectivity index (χ0n) is 16.1. The van der Waals surface area contributed by atoms with Crippen LogP contribution in [-0.2, 0) is 17.1 Å². The van der Waals surface area contributed by atoms with Gasteiger partial charge >= 0.3 is 0 Å². The number of ether oxygens (including phenoxy) is 1. The number of nitrogens with one attached hydrogen (secondary N) is 2. The van der Waals surface area contributed by atoms with Crippen LogP contribution < -0.4 is 20.5 Å². The first kappa shape index (κ1) is 20.9. The summed E-state index contributed by atoms with van der Waals surface area (Å²) in [5.74, 6) is -0.884. The van der Waals surface area contributed by atoms with Crippen LogP contribution >= 0.6 is 0 Å². The molecule has 0 fully saturated rings. The monoisotopic (exact) mass is 429 g/mol. The van der Waals surface area contributed by atoms with E-state index in [4.69, 9.17) is 10.5 Å². The van der Waals surface area contributed by atoms with Gasteiger partial charge in [0, 0.05) is 31.7 Å². The normalized spacial score (nSPS) is 11.0. The lowest BCUT2D eigenvalue weighted by atomic mass is 10.2. The van der Waals surface area contributed by atoms with Crippen LogP contribution in [0.25, 0.3) is 0 Å². The minimum atomic E-state index is -3.98. The second kappa shape index (κ2) is 8.25. The molecule has 2 amide bonds. The van der Waals surface area contributed by atoms with Crippen LogP contribution in [-0.4, -0.2) is 36.9 Å². The van der Waals surface area contributed by atoms with Gasteiger partial charge in [-0.1, -0.05) is 0 Å². The molecule has 0 spiro atoms. The van der Waals surface area contributed by atoms with Gasteiger partial charge in [-0.05, 0) is 30.3 Å². The summed E-state index contributed by atoms with van der Waals surface area (Å²) in [7, 11) is -1.07. The van der Waals surface area contributed by atoms with Crippen LogP contribution in [0.1, 0.15) is 20.8 Å². The Morgan fingerprint density at radius 1 is 1.20 bits per heavy atom. The van der Waals surface area contributed by atoms with Gasteiger partial charge in [0.15, 0.2) is 0 Å². The quantitative estimate of drug-likeness (QED) is 0.520. The average molecular weight is 429 g/mol. The van der Waals surface area contributed by atoms with Gasteiger partial charge in [-0.3, -0.25) is 19.3 Å². The number of pyridine rings is 1. The largest absolute Gasteiger partial charge is 0.494 e. The Hall–Kier alpha value is -3.86. The molecule has 0 aliphatic carbocycles. The minimum absolute atomic E-state index is 0.0569. The molecule has 4 N–H and O–H groups in total. The predicted molar refractivity (Wildman–Crippen MR) is 110 cm³/mol. The number of anilines is 2. The van der Waals surface area contributed by atoms with Crippen LogP contribution in [0.5, 0.6) is 5.75 Å². The highest BCUT2D eigenvalue weighted by atomic mass is 32.2. The Morgan fingerprint density at radius 3 is 2.57 bits per heavy atom. The van der Waals surface area contributed by atoms with Crippen LogP contribution in [0.2, 0.25) is 0 Å². The van der Waals surface area contributed by atoms with E-state index in [2.05, 4.69) is 15.0 Å². The van der Waals surface area contributed by atoms with Crippen molar-refractivity contribution in [2.24, 2.45) is 12.8 Å². The Balaban J connectivity index is 1.83. The first-order chi connectivity index (χ1) is 14.2. The Labute approximate surface area is 172 Å². The van der Waals surface area contributed by atoms with Crippen LogP contribution in [0.4, 0.5) is 11.4 Å². The van der Waals surface area contributed by atoms with Gasteiger partial charge in [0.05, 0.1) is 24.0 Å². The number of aryl methyl sites for hydroxylation is 1. The fourth-order valence-corrected chi connectivity index (χ4v) is 3.81. The fraction of sp³-hybridized carbons (Fsp3) is 0.105. The molecule has 0 unspecified atom stereocenters. The molecule has 0 saturated heterocycles. The summed E-state index contributed by atoms with van der Waals surface area (Å²) in [6, 6.07) is 8.83. The number of benzene rings is 1. The first-order valence-electron chi connectivity index (χ1n) is 8.59. The van der Waals surface area contributed by atoms with E-state index in [9.17, 15) is 18.0 Å². The van der Waals surface area contributed by atoms with Crippen molar-refractivity contribution in [1.82, 2.24) is 9.55 Å². The van der Waals surface area contributed by atoms with Gasteiger partial charge in [0.2, 0.25) is 0 Å². The van der Waals surface area contributed by atoms with Gasteiger partial charge in [-0.25, -0.2) is 8.42 Å². The number of methoxy groups -OCH3 is 1. The molecule has 156 valence electrons. The van der Waals surface area contributed by atoms with Crippen molar-refractivity contribution in [2.45, 2.75) is 4.90 Å². The summed E-state index contributed by atoms with van der Waals surface area (Å²) in [6.45, 7) is 0. The summed E-state index contributed by atoms with van der Waals surface area (Å²) in [6.07, 6.45) is 4.25. The lowest BCUT2D eigenvalue weighted by Crippen LogP contribution is -2.15. The molecule has 0 radical (unpaired) electrons. The highest BCUT2D eigenvalue weighted by molar-refractivity contribution is 7.92. The van der Waals surface area contributed by atoms with E-state index in [-0.39, 0.29) is 22.0 Å². The van der Waals surface area contributed by atoms with E-state index < -0.39 is 21.8 Å². The van der Waals surface area contributed by atoms with E-state index >= 15 is 0 Å². The van der Waals surface area contributed by atoms with E-state index in [1.165, 1.54) is 55.4 Å². The molecule has 3 aromatic rings. The molecule has 0 atom stereocenters. The summed E-state index contributed by atoms with van der Waals surface area (Å²) >= 11 is 0. The molecule has 0 bridgehead atoms.